The zero-order valence-corrected chi connectivity index (χ0v) is 13.5. The van der Waals surface area contributed by atoms with E-state index in [4.69, 9.17) is 0 Å². The normalized spacial score (nSPS) is 10.5. The lowest BCUT2D eigenvalue weighted by molar-refractivity contribution is -0.595. The van der Waals surface area contributed by atoms with Gasteiger partial charge in [0, 0.05) is 24.3 Å². The number of aryl methyl sites for hydroxylation is 1. The third kappa shape index (κ3) is 5.32. The topological polar surface area (TPSA) is 61.1 Å². The molecule has 0 aliphatic carbocycles. The van der Waals surface area contributed by atoms with Gasteiger partial charge in [-0.15, -0.1) is 0 Å². The fraction of sp³-hybridized carbons (Fsp3) is 0.0556. The largest absolute Gasteiger partial charge is 0.744 e. The van der Waals surface area contributed by atoms with Crippen molar-refractivity contribution in [3.05, 3.63) is 90.8 Å². The monoisotopic (exact) mass is 327 g/mol. The molecule has 0 spiro atoms. The summed E-state index contributed by atoms with van der Waals surface area (Å²) in [6.07, 6.45) is 4.07. The van der Waals surface area contributed by atoms with Crippen LogP contribution in [0.3, 0.4) is 0 Å². The van der Waals surface area contributed by atoms with Gasteiger partial charge in [-0.05, 0) is 19.1 Å². The molecule has 3 aromatic rings. The molecule has 0 bridgehead atoms. The van der Waals surface area contributed by atoms with E-state index in [1.165, 1.54) is 17.8 Å². The minimum absolute atomic E-state index is 0.178. The molecule has 0 atom stereocenters. The number of nitrogens with zero attached hydrogens (tertiary/aromatic N) is 1. The molecule has 0 aliphatic rings. The molecule has 0 unspecified atom stereocenters. The Balaban J connectivity index is 0.000000168. The molecule has 0 saturated carbocycles. The van der Waals surface area contributed by atoms with Crippen molar-refractivity contribution < 1.29 is 17.5 Å². The van der Waals surface area contributed by atoms with Crippen molar-refractivity contribution in [1.29, 1.82) is 0 Å². The number of para-hydroxylation sites is 1. The van der Waals surface area contributed by atoms with E-state index < -0.39 is 10.1 Å². The smallest absolute Gasteiger partial charge is 0.210 e. The van der Waals surface area contributed by atoms with Crippen molar-refractivity contribution in [2.45, 2.75) is 11.8 Å². The fourth-order valence-corrected chi connectivity index (χ4v) is 2.35. The highest BCUT2D eigenvalue weighted by molar-refractivity contribution is 7.85. The number of hydrogen-bond donors (Lipinski definition) is 0. The van der Waals surface area contributed by atoms with Gasteiger partial charge in [0.15, 0.2) is 12.4 Å². The van der Waals surface area contributed by atoms with E-state index >= 15 is 0 Å². The Hall–Kier alpha value is -2.50. The Morgan fingerprint density at radius 2 is 1.30 bits per heavy atom. The Labute approximate surface area is 136 Å². The van der Waals surface area contributed by atoms with Crippen molar-refractivity contribution in [1.82, 2.24) is 0 Å². The van der Waals surface area contributed by atoms with E-state index in [2.05, 4.69) is 16.7 Å². The number of benzene rings is 2. The molecule has 1 aromatic heterocycles. The third-order valence-electron chi connectivity index (χ3n) is 3.08. The first-order valence-corrected chi connectivity index (χ1v) is 8.42. The number of hydrogen-bond acceptors (Lipinski definition) is 3. The molecule has 1 heterocycles. The summed E-state index contributed by atoms with van der Waals surface area (Å²) in [7, 11) is -4.27. The molecule has 0 saturated heterocycles. The predicted molar refractivity (Wildman–Crippen MR) is 87.1 cm³/mol. The van der Waals surface area contributed by atoms with E-state index in [1.54, 1.807) is 12.1 Å². The second-order valence-electron chi connectivity index (χ2n) is 4.89. The van der Waals surface area contributed by atoms with Gasteiger partial charge in [-0.25, -0.2) is 8.42 Å². The van der Waals surface area contributed by atoms with E-state index in [9.17, 15) is 13.0 Å². The maximum atomic E-state index is 10.4. The molecule has 0 fully saturated rings. The molecule has 0 amide bonds. The van der Waals surface area contributed by atoms with Gasteiger partial charge in [0.2, 0.25) is 5.69 Å². The average Bonchev–Trinajstić information content (AvgIpc) is 2.57. The van der Waals surface area contributed by atoms with Crippen LogP contribution in [0.15, 0.2) is 90.1 Å². The summed E-state index contributed by atoms with van der Waals surface area (Å²) in [5, 5.41) is 0. The highest BCUT2D eigenvalue weighted by Crippen LogP contribution is 2.08. The lowest BCUT2D eigenvalue weighted by atomic mass is 10.2. The minimum Gasteiger partial charge on any atom is -0.744 e. The quantitative estimate of drug-likeness (QED) is 0.537. The van der Waals surface area contributed by atoms with Gasteiger partial charge in [-0.3, -0.25) is 0 Å². The molecule has 0 aliphatic heterocycles. The van der Waals surface area contributed by atoms with Gasteiger partial charge in [0.05, 0.1) is 4.90 Å². The van der Waals surface area contributed by atoms with E-state index in [0.29, 0.717) is 0 Å². The van der Waals surface area contributed by atoms with E-state index in [0.717, 1.165) is 5.56 Å². The van der Waals surface area contributed by atoms with Gasteiger partial charge in [0.25, 0.3) is 0 Å². The minimum atomic E-state index is -4.27. The summed E-state index contributed by atoms with van der Waals surface area (Å²) in [5.41, 5.74) is 2.12. The van der Waals surface area contributed by atoms with Gasteiger partial charge in [-0.2, -0.15) is 4.57 Å². The van der Waals surface area contributed by atoms with Crippen LogP contribution in [0.4, 0.5) is 0 Å². The molecule has 0 radical (unpaired) electrons. The van der Waals surface area contributed by atoms with Crippen LogP contribution in [0.25, 0.3) is 5.69 Å². The van der Waals surface area contributed by atoms with Gasteiger partial charge < -0.3 is 4.55 Å². The second kappa shape index (κ2) is 7.67. The van der Waals surface area contributed by atoms with Crippen LogP contribution in [0.1, 0.15) is 5.56 Å². The average molecular weight is 327 g/mol. The lowest BCUT2D eigenvalue weighted by Crippen LogP contribution is -2.28. The number of pyridine rings is 1. The highest BCUT2D eigenvalue weighted by atomic mass is 32.2. The van der Waals surface area contributed by atoms with Crippen LogP contribution in [0.5, 0.6) is 0 Å². The fourth-order valence-electron chi connectivity index (χ4n) is 1.88. The molecule has 0 N–H and O–H groups in total. The third-order valence-corrected chi connectivity index (χ3v) is 3.93. The first-order valence-electron chi connectivity index (χ1n) is 7.01. The zero-order valence-electron chi connectivity index (χ0n) is 12.7. The van der Waals surface area contributed by atoms with Gasteiger partial charge >= 0.3 is 0 Å². The summed E-state index contributed by atoms with van der Waals surface area (Å²) in [6.45, 7) is 1.82. The van der Waals surface area contributed by atoms with Crippen molar-refractivity contribution in [3.63, 3.8) is 0 Å². The second-order valence-corrected chi connectivity index (χ2v) is 6.27. The molecule has 2 aromatic carbocycles. The number of aromatic nitrogens is 1. The van der Waals surface area contributed by atoms with E-state index in [1.807, 2.05) is 55.7 Å². The standard InChI is InChI=1S/C11H10N.C7H8O3S/c1-3-7-11(8-4-1)12-9-5-2-6-10-12;1-6-2-4-7(5-3-6)11(8,9)10/h1-10H;2-5H,1H3,(H,8,9,10)/q+1;/p-1. The SMILES string of the molecule is Cc1ccc(S(=O)(=O)[O-])cc1.c1ccc(-[n+]2ccccc2)cc1. The summed E-state index contributed by atoms with van der Waals surface area (Å²) in [5.74, 6) is 0. The maximum Gasteiger partial charge on any atom is 0.210 e. The van der Waals surface area contributed by atoms with Gasteiger partial charge in [0.1, 0.15) is 10.1 Å². The first-order chi connectivity index (χ1) is 11.0. The molecular formula is C18H17NO3S. The van der Waals surface area contributed by atoms with Crippen molar-refractivity contribution >= 4 is 10.1 Å². The number of rotatable bonds is 2. The Kier molecular flexibility index (Phi) is 5.62. The zero-order chi connectivity index (χ0) is 16.7. The van der Waals surface area contributed by atoms with Crippen molar-refractivity contribution in [3.8, 4) is 5.69 Å². The van der Waals surface area contributed by atoms with Crippen LogP contribution < -0.4 is 4.57 Å². The summed E-state index contributed by atoms with van der Waals surface area (Å²) < 4.78 is 33.2. The van der Waals surface area contributed by atoms with E-state index in [-0.39, 0.29) is 4.90 Å². The van der Waals surface area contributed by atoms with Crippen molar-refractivity contribution in [2.24, 2.45) is 0 Å². The van der Waals surface area contributed by atoms with Crippen LogP contribution in [0, 0.1) is 6.92 Å². The molecular weight excluding hydrogens is 310 g/mol. The predicted octanol–water partition coefficient (Wildman–Crippen LogP) is 2.86. The van der Waals surface area contributed by atoms with Crippen LogP contribution in [0.2, 0.25) is 0 Å². The van der Waals surface area contributed by atoms with Crippen molar-refractivity contribution in [2.75, 3.05) is 0 Å². The van der Waals surface area contributed by atoms with Crippen LogP contribution >= 0.6 is 0 Å². The Bertz CT molecular complexity index is 793. The molecule has 4 nitrogen and oxygen atoms in total. The first kappa shape index (κ1) is 16.9. The van der Waals surface area contributed by atoms with Crippen LogP contribution in [-0.4, -0.2) is 13.0 Å². The summed E-state index contributed by atoms with van der Waals surface area (Å²) in [4.78, 5) is -0.178. The van der Waals surface area contributed by atoms with Gasteiger partial charge in [-0.1, -0.05) is 42.0 Å². The molecule has 3 rings (SSSR count). The van der Waals surface area contributed by atoms with Crippen LogP contribution in [-0.2, 0) is 10.1 Å². The summed E-state index contributed by atoms with van der Waals surface area (Å²) in [6, 6.07) is 22.1. The Morgan fingerprint density at radius 1 is 0.783 bits per heavy atom. The summed E-state index contributed by atoms with van der Waals surface area (Å²) >= 11 is 0. The Morgan fingerprint density at radius 3 is 1.83 bits per heavy atom. The molecule has 23 heavy (non-hydrogen) atoms. The maximum absolute atomic E-state index is 10.4. The lowest BCUT2D eigenvalue weighted by Gasteiger charge is -2.05. The molecule has 5 heteroatoms. The molecule has 118 valence electrons. The highest BCUT2D eigenvalue weighted by Gasteiger charge is 2.00.